The second-order valence-electron chi connectivity index (χ2n) is 7.90. The van der Waals surface area contributed by atoms with Crippen molar-refractivity contribution in [3.63, 3.8) is 0 Å². The Bertz CT molecular complexity index is 1440. The summed E-state index contributed by atoms with van der Waals surface area (Å²) in [6, 6.07) is 0.717. The lowest BCUT2D eigenvalue weighted by Gasteiger charge is -2.15. The fourth-order valence-electron chi connectivity index (χ4n) is 4.11. The van der Waals surface area contributed by atoms with E-state index in [4.69, 9.17) is 20.9 Å². The predicted octanol–water partition coefficient (Wildman–Crippen LogP) is 1.77. The van der Waals surface area contributed by atoms with Crippen molar-refractivity contribution in [2.75, 3.05) is 33.0 Å². The first-order valence-electron chi connectivity index (χ1n) is 10.7. The van der Waals surface area contributed by atoms with Crippen LogP contribution in [-0.4, -0.2) is 58.8 Å². The number of aromatic nitrogens is 3. The second kappa shape index (κ2) is 9.53. The van der Waals surface area contributed by atoms with Crippen LogP contribution in [0.25, 0.3) is 10.9 Å². The first-order valence-corrected chi connectivity index (χ1v) is 10.7. The number of benzene rings is 1. The van der Waals surface area contributed by atoms with Crippen molar-refractivity contribution in [2.45, 2.75) is 12.5 Å². The van der Waals surface area contributed by atoms with Gasteiger partial charge >= 0.3 is 0 Å². The van der Waals surface area contributed by atoms with Crippen LogP contribution in [0.4, 0.5) is 14.6 Å². The van der Waals surface area contributed by atoms with Gasteiger partial charge in [-0.25, -0.2) is 13.8 Å². The van der Waals surface area contributed by atoms with E-state index < -0.39 is 23.1 Å². The molecule has 0 saturated carbocycles. The largest absolute Gasteiger partial charge is 0.493 e. The number of nitrogens with two attached hydrogens (primary N) is 2. The summed E-state index contributed by atoms with van der Waals surface area (Å²) in [4.78, 5) is 29.9. The molecule has 1 saturated heterocycles. The Kier molecular flexibility index (Phi) is 6.48. The third-order valence-corrected chi connectivity index (χ3v) is 5.89. The molecule has 12 heteroatoms. The van der Waals surface area contributed by atoms with Crippen LogP contribution in [0.5, 0.6) is 11.5 Å². The number of halogens is 2. The van der Waals surface area contributed by atoms with Crippen molar-refractivity contribution in [1.82, 2.24) is 19.7 Å². The number of nitrogens with zero attached hydrogens (tertiary/aromatic N) is 4. The molecule has 3 aromatic rings. The number of amides is 2. The van der Waals surface area contributed by atoms with E-state index in [-0.39, 0.29) is 58.0 Å². The van der Waals surface area contributed by atoms with Crippen LogP contribution in [-0.2, 0) is 4.79 Å². The molecule has 36 heavy (non-hydrogen) atoms. The number of likely N-dealkylation sites (tertiary alicyclic amines) is 1. The van der Waals surface area contributed by atoms with E-state index in [1.165, 1.54) is 31.2 Å². The maximum atomic E-state index is 14.8. The molecular formula is C24H22F2N6O4. The van der Waals surface area contributed by atoms with Crippen LogP contribution < -0.4 is 20.9 Å². The van der Waals surface area contributed by atoms with E-state index in [1.807, 2.05) is 0 Å². The topological polar surface area (TPSA) is 139 Å². The molecule has 0 bridgehead atoms. The highest BCUT2D eigenvalue weighted by Crippen LogP contribution is 2.33. The molecule has 0 spiro atoms. The first-order chi connectivity index (χ1) is 17.2. The molecule has 0 radical (unpaired) electrons. The van der Waals surface area contributed by atoms with Gasteiger partial charge in [0.15, 0.2) is 23.1 Å². The fourth-order valence-corrected chi connectivity index (χ4v) is 4.11. The number of fused-ring (bicyclic) bond motifs is 1. The van der Waals surface area contributed by atoms with Gasteiger partial charge in [0, 0.05) is 25.4 Å². The lowest BCUT2D eigenvalue weighted by molar-refractivity contribution is -0.125. The van der Waals surface area contributed by atoms with Crippen molar-refractivity contribution in [3.05, 3.63) is 53.4 Å². The fraction of sp³-hybridized carbons (Fsp3) is 0.250. The van der Waals surface area contributed by atoms with Crippen molar-refractivity contribution in [1.29, 1.82) is 0 Å². The van der Waals surface area contributed by atoms with E-state index >= 15 is 0 Å². The van der Waals surface area contributed by atoms with Gasteiger partial charge in [-0.15, -0.1) is 0 Å². The second-order valence-corrected chi connectivity index (χ2v) is 7.90. The maximum absolute atomic E-state index is 14.8. The number of carbonyl (C=O) groups is 2. The highest BCUT2D eigenvalue weighted by atomic mass is 19.1. The monoisotopic (exact) mass is 496 g/mol. The zero-order valence-electron chi connectivity index (χ0n) is 19.5. The number of hydrogen-bond acceptors (Lipinski definition) is 7. The molecule has 3 heterocycles. The van der Waals surface area contributed by atoms with Gasteiger partial charge in [-0.2, -0.15) is 5.10 Å². The minimum atomic E-state index is -1.02. The predicted molar refractivity (Wildman–Crippen MR) is 126 cm³/mol. The molecule has 2 aromatic heterocycles. The lowest BCUT2D eigenvalue weighted by Crippen LogP contribution is -2.27. The van der Waals surface area contributed by atoms with Gasteiger partial charge in [0.05, 0.1) is 36.7 Å². The lowest BCUT2D eigenvalue weighted by atomic mass is 10.1. The SMILES string of the molecule is C=CC(=O)N1CC[C@H](n2nc(C#Cc3c(F)c(OC)cc(OC)c3F)c3c(N)ncc(C(N)=O)c32)C1. The summed E-state index contributed by atoms with van der Waals surface area (Å²) in [7, 11) is 2.45. The highest BCUT2D eigenvalue weighted by molar-refractivity contribution is 6.08. The molecular weight excluding hydrogens is 474 g/mol. The number of hydrogen-bond donors (Lipinski definition) is 2. The third-order valence-electron chi connectivity index (χ3n) is 5.89. The number of ether oxygens (including phenoxy) is 2. The van der Waals surface area contributed by atoms with Gasteiger partial charge in [-0.1, -0.05) is 12.5 Å². The van der Waals surface area contributed by atoms with Gasteiger partial charge < -0.3 is 25.8 Å². The molecule has 2 amide bonds. The summed E-state index contributed by atoms with van der Waals surface area (Å²) >= 11 is 0. The molecule has 4 rings (SSSR count). The van der Waals surface area contributed by atoms with Gasteiger partial charge in [-0.3, -0.25) is 14.3 Å². The van der Waals surface area contributed by atoms with Crippen molar-refractivity contribution < 1.29 is 27.8 Å². The van der Waals surface area contributed by atoms with Crippen molar-refractivity contribution >= 4 is 28.5 Å². The highest BCUT2D eigenvalue weighted by Gasteiger charge is 2.31. The Labute approximate surface area is 204 Å². The third kappa shape index (κ3) is 4.04. The summed E-state index contributed by atoms with van der Waals surface area (Å²) in [5.74, 6) is 1.48. The maximum Gasteiger partial charge on any atom is 0.252 e. The van der Waals surface area contributed by atoms with Crippen LogP contribution in [0.15, 0.2) is 24.9 Å². The van der Waals surface area contributed by atoms with Crippen LogP contribution >= 0.6 is 0 Å². The Hall–Kier alpha value is -4.66. The summed E-state index contributed by atoms with van der Waals surface area (Å²) in [6.45, 7) is 4.22. The van der Waals surface area contributed by atoms with Crippen LogP contribution in [0, 0.1) is 23.5 Å². The Balaban J connectivity index is 1.92. The first kappa shape index (κ1) is 24.5. The van der Waals surface area contributed by atoms with E-state index in [0.717, 1.165) is 6.07 Å². The molecule has 0 unspecified atom stereocenters. The summed E-state index contributed by atoms with van der Waals surface area (Å²) < 4.78 is 41.1. The molecule has 1 aromatic carbocycles. The quantitative estimate of drug-likeness (QED) is 0.405. The van der Waals surface area contributed by atoms with Gasteiger partial charge in [0.1, 0.15) is 17.1 Å². The average Bonchev–Trinajstić information content (AvgIpc) is 3.49. The summed E-state index contributed by atoms with van der Waals surface area (Å²) in [5, 5.41) is 4.70. The number of pyridine rings is 1. The number of nitrogen functional groups attached to an aromatic ring is 1. The van der Waals surface area contributed by atoms with E-state index in [2.05, 4.69) is 28.5 Å². The standard InChI is InChI=1S/C24H22F2N6O4/c1-4-18(33)31-8-7-12(11-31)32-22-14(24(28)34)10-29-23(27)19(22)15(30-32)6-5-13-20(25)16(35-2)9-17(36-3)21(13)26/h4,9-10,12H,1,7-8,11H2,2-3H3,(H2,27,29)(H2,28,34)/t12-/m0/s1. The number of rotatable bonds is 5. The molecule has 1 aliphatic rings. The molecule has 4 N–H and O–H groups in total. The number of primary amides is 1. The van der Waals surface area contributed by atoms with Crippen LogP contribution in [0.3, 0.4) is 0 Å². The van der Waals surface area contributed by atoms with E-state index in [0.29, 0.717) is 13.0 Å². The molecule has 1 fully saturated rings. The molecule has 10 nitrogen and oxygen atoms in total. The summed E-state index contributed by atoms with van der Waals surface area (Å²) in [6.07, 6.45) is 2.95. The van der Waals surface area contributed by atoms with E-state index in [9.17, 15) is 18.4 Å². The van der Waals surface area contributed by atoms with Crippen LogP contribution in [0.2, 0.25) is 0 Å². The number of anilines is 1. The smallest absolute Gasteiger partial charge is 0.252 e. The van der Waals surface area contributed by atoms with Gasteiger partial charge in [0.25, 0.3) is 5.91 Å². The number of carbonyl (C=O) groups excluding carboxylic acids is 2. The van der Waals surface area contributed by atoms with Gasteiger partial charge in [0.2, 0.25) is 5.91 Å². The molecule has 1 atom stereocenters. The zero-order valence-corrected chi connectivity index (χ0v) is 19.5. The van der Waals surface area contributed by atoms with E-state index in [1.54, 1.807) is 4.90 Å². The zero-order chi connectivity index (χ0) is 26.1. The Morgan fingerprint density at radius 3 is 2.47 bits per heavy atom. The summed E-state index contributed by atoms with van der Waals surface area (Å²) in [5.41, 5.74) is 11.4. The minimum absolute atomic E-state index is 0.00765. The Morgan fingerprint density at radius 2 is 1.89 bits per heavy atom. The molecule has 186 valence electrons. The average molecular weight is 496 g/mol. The normalized spacial score (nSPS) is 14.9. The van der Waals surface area contributed by atoms with Crippen molar-refractivity contribution in [2.24, 2.45) is 5.73 Å². The van der Waals surface area contributed by atoms with Gasteiger partial charge in [-0.05, 0) is 18.4 Å². The molecule has 1 aliphatic heterocycles. The molecule has 0 aliphatic carbocycles. The van der Waals surface area contributed by atoms with Crippen molar-refractivity contribution in [3.8, 4) is 23.3 Å². The number of methoxy groups -OCH3 is 2. The minimum Gasteiger partial charge on any atom is -0.493 e. The Morgan fingerprint density at radius 1 is 1.22 bits per heavy atom. The van der Waals surface area contributed by atoms with Crippen LogP contribution in [0.1, 0.15) is 34.1 Å².